The van der Waals surface area contributed by atoms with Crippen molar-refractivity contribution in [3.8, 4) is 56.2 Å². The summed E-state index contributed by atoms with van der Waals surface area (Å²) in [6.07, 6.45) is 13.5. The topological polar surface area (TPSA) is 38.7 Å². The van der Waals surface area contributed by atoms with E-state index in [1.54, 1.807) is 0 Å². The number of allylic oxidation sites excluding steroid dienone is 10. The third-order valence-electron chi connectivity index (χ3n) is 12.7. The number of hydrogen-bond donors (Lipinski definition) is 0. The molecule has 0 fully saturated rings. The Labute approximate surface area is 363 Å². The first-order valence-corrected chi connectivity index (χ1v) is 21.5. The molecule has 8 aromatic rings. The number of fused-ring (bicyclic) bond motifs is 7. The lowest BCUT2D eigenvalue weighted by molar-refractivity contribution is 0.758. The highest BCUT2D eigenvalue weighted by atomic mass is 15.0. The van der Waals surface area contributed by atoms with Crippen molar-refractivity contribution in [3.05, 3.63) is 258 Å². The summed E-state index contributed by atoms with van der Waals surface area (Å²) in [5.74, 6) is 2.00. The van der Waals surface area contributed by atoms with Gasteiger partial charge in [0, 0.05) is 16.7 Å². The van der Waals surface area contributed by atoms with Crippen LogP contribution in [0, 0.1) is 5.92 Å². The van der Waals surface area contributed by atoms with E-state index in [1.807, 2.05) is 0 Å². The molecule has 7 aromatic carbocycles. The zero-order valence-corrected chi connectivity index (χ0v) is 34.7. The molecule has 0 radical (unpaired) electrons. The Hall–Kier alpha value is -7.75. The standard InChI is InChI=1S/C59H43N3/c1-3-4-25-48-47-30-17-20-35-54(47)59(52-33-18-15-28-45(52)46-29-16-19-34-53(46)59)55(48)51-38-42(37-36-39(51)2)56-60-57(49-31-13-11-26-43(49)40-21-7-5-8-22-40)62-58(61-56)50-32-14-12-27-44(50)41-23-9-6-10-24-41/h3-39H,1-2H3/b4-3-,48-25+,55-51-. The first-order chi connectivity index (χ1) is 30.6. The lowest BCUT2D eigenvalue weighted by atomic mass is 9.67. The highest BCUT2D eigenvalue weighted by Crippen LogP contribution is 2.65. The van der Waals surface area contributed by atoms with Gasteiger partial charge in [0.2, 0.25) is 0 Å². The normalized spacial score (nSPS) is 17.6. The molecule has 0 saturated heterocycles. The van der Waals surface area contributed by atoms with Crippen molar-refractivity contribution in [1.82, 2.24) is 15.0 Å². The average Bonchev–Trinajstić information content (AvgIpc) is 3.80. The summed E-state index contributed by atoms with van der Waals surface area (Å²) in [4.78, 5) is 16.1. The number of aromatic nitrogens is 3. The maximum atomic E-state index is 5.41. The summed E-state index contributed by atoms with van der Waals surface area (Å²) in [7, 11) is 0. The molecule has 3 aliphatic rings. The molecule has 0 bridgehead atoms. The first kappa shape index (κ1) is 37.3. The van der Waals surface area contributed by atoms with Crippen LogP contribution >= 0.6 is 0 Å². The van der Waals surface area contributed by atoms with Crippen molar-refractivity contribution < 1.29 is 0 Å². The average molecular weight is 794 g/mol. The van der Waals surface area contributed by atoms with Crippen LogP contribution in [0.2, 0.25) is 0 Å². The van der Waals surface area contributed by atoms with Crippen LogP contribution in [0.3, 0.4) is 0 Å². The lowest BCUT2D eigenvalue weighted by Crippen LogP contribution is -2.28. The van der Waals surface area contributed by atoms with E-state index < -0.39 is 5.41 Å². The molecule has 1 atom stereocenters. The summed E-state index contributed by atoms with van der Waals surface area (Å²) in [6, 6.07) is 64.9. The minimum atomic E-state index is -0.522. The Morgan fingerprint density at radius 1 is 0.452 bits per heavy atom. The summed E-state index contributed by atoms with van der Waals surface area (Å²) < 4.78 is 0. The highest BCUT2D eigenvalue weighted by molar-refractivity contribution is 6.02. The van der Waals surface area contributed by atoms with Gasteiger partial charge >= 0.3 is 0 Å². The number of nitrogens with zero attached hydrogens (tertiary/aromatic N) is 3. The van der Waals surface area contributed by atoms with Gasteiger partial charge < -0.3 is 0 Å². The predicted octanol–water partition coefficient (Wildman–Crippen LogP) is 14.4. The maximum absolute atomic E-state index is 5.41. The van der Waals surface area contributed by atoms with E-state index in [1.165, 1.54) is 50.1 Å². The molecule has 0 saturated carbocycles. The van der Waals surface area contributed by atoms with Crippen LogP contribution in [0.1, 0.15) is 41.9 Å². The van der Waals surface area contributed by atoms with Gasteiger partial charge in [0.1, 0.15) is 0 Å². The summed E-state index contributed by atoms with van der Waals surface area (Å²) in [6.45, 7) is 4.41. The van der Waals surface area contributed by atoms with Gasteiger partial charge in [-0.05, 0) is 91.3 Å². The second kappa shape index (κ2) is 15.4. The van der Waals surface area contributed by atoms with Crippen LogP contribution in [0.4, 0.5) is 0 Å². The van der Waals surface area contributed by atoms with Crippen LogP contribution in [0.5, 0.6) is 0 Å². The van der Waals surface area contributed by atoms with Gasteiger partial charge in [0.05, 0.1) is 5.41 Å². The molecule has 1 unspecified atom stereocenters. The lowest BCUT2D eigenvalue weighted by Gasteiger charge is -2.34. The molecule has 3 nitrogen and oxygen atoms in total. The Balaban J connectivity index is 1.20. The highest BCUT2D eigenvalue weighted by Gasteiger charge is 2.54. The van der Waals surface area contributed by atoms with Crippen molar-refractivity contribution in [1.29, 1.82) is 0 Å². The van der Waals surface area contributed by atoms with Crippen molar-refractivity contribution in [2.75, 3.05) is 0 Å². The first-order valence-electron chi connectivity index (χ1n) is 21.5. The fourth-order valence-electron chi connectivity index (χ4n) is 10.0. The largest absolute Gasteiger partial charge is 0.208 e. The molecule has 0 aliphatic heterocycles. The second-order valence-corrected chi connectivity index (χ2v) is 16.2. The van der Waals surface area contributed by atoms with E-state index in [0.29, 0.717) is 17.5 Å². The number of rotatable bonds is 6. The monoisotopic (exact) mass is 793 g/mol. The molecule has 1 aromatic heterocycles. The molecule has 3 aliphatic carbocycles. The van der Waals surface area contributed by atoms with Gasteiger partial charge in [0.15, 0.2) is 17.5 Å². The molecule has 11 rings (SSSR count). The van der Waals surface area contributed by atoms with Crippen LogP contribution < -0.4 is 0 Å². The van der Waals surface area contributed by atoms with E-state index in [4.69, 9.17) is 15.0 Å². The van der Waals surface area contributed by atoms with Gasteiger partial charge in [-0.2, -0.15) is 0 Å². The van der Waals surface area contributed by atoms with E-state index in [-0.39, 0.29) is 5.92 Å². The van der Waals surface area contributed by atoms with Crippen LogP contribution in [0.15, 0.2) is 230 Å². The maximum Gasteiger partial charge on any atom is 0.164 e. The Kier molecular flexibility index (Phi) is 9.24. The molecule has 1 heterocycles. The molecule has 0 N–H and O–H groups in total. The van der Waals surface area contributed by atoms with E-state index in [9.17, 15) is 0 Å². The molecule has 1 spiro atoms. The second-order valence-electron chi connectivity index (χ2n) is 16.2. The van der Waals surface area contributed by atoms with E-state index >= 15 is 0 Å². The zero-order valence-electron chi connectivity index (χ0n) is 34.7. The molecule has 294 valence electrons. The van der Waals surface area contributed by atoms with Crippen LogP contribution in [0.25, 0.3) is 67.3 Å². The Bertz CT molecular complexity index is 3050. The van der Waals surface area contributed by atoms with Gasteiger partial charge in [-0.15, -0.1) is 0 Å². The minimum Gasteiger partial charge on any atom is -0.208 e. The van der Waals surface area contributed by atoms with Crippen LogP contribution in [-0.4, -0.2) is 15.0 Å². The summed E-state index contributed by atoms with van der Waals surface area (Å²) in [5.41, 5.74) is 18.3. The van der Waals surface area contributed by atoms with Gasteiger partial charge in [-0.1, -0.05) is 219 Å². The molecular weight excluding hydrogens is 751 g/mol. The fourth-order valence-corrected chi connectivity index (χ4v) is 10.0. The molecule has 0 amide bonds. The third-order valence-corrected chi connectivity index (χ3v) is 12.7. The Morgan fingerprint density at radius 3 is 1.39 bits per heavy atom. The van der Waals surface area contributed by atoms with Gasteiger partial charge in [-0.25, -0.2) is 15.0 Å². The fraction of sp³-hybridized carbons (Fsp3) is 0.0678. The van der Waals surface area contributed by atoms with Gasteiger partial charge in [0.25, 0.3) is 0 Å². The van der Waals surface area contributed by atoms with Crippen molar-refractivity contribution in [3.63, 3.8) is 0 Å². The zero-order chi connectivity index (χ0) is 41.6. The van der Waals surface area contributed by atoms with Crippen molar-refractivity contribution in [2.45, 2.75) is 19.3 Å². The Morgan fingerprint density at radius 2 is 0.871 bits per heavy atom. The van der Waals surface area contributed by atoms with Crippen molar-refractivity contribution >= 4 is 11.1 Å². The van der Waals surface area contributed by atoms with E-state index in [2.05, 4.69) is 232 Å². The smallest absolute Gasteiger partial charge is 0.164 e. The molecule has 3 heteroatoms. The predicted molar refractivity (Wildman–Crippen MR) is 256 cm³/mol. The van der Waals surface area contributed by atoms with Crippen molar-refractivity contribution in [2.24, 2.45) is 5.92 Å². The summed E-state index contributed by atoms with van der Waals surface area (Å²) >= 11 is 0. The number of benzene rings is 7. The number of hydrogen-bond acceptors (Lipinski definition) is 3. The SMILES string of the molecule is C\C=C/C=C1/C(=C2\C=C(c3nc(-c4ccccc4-c4ccccc4)nc(-c4ccccc4-c4ccccc4)n3)C=CC2C)C2(c3ccccc31)c1ccccc1-c1ccccc12. The minimum absolute atomic E-state index is 0.104. The third kappa shape index (κ3) is 5.92. The van der Waals surface area contributed by atoms with E-state index in [0.717, 1.165) is 39.0 Å². The van der Waals surface area contributed by atoms with Gasteiger partial charge in [-0.3, -0.25) is 0 Å². The quantitative estimate of drug-likeness (QED) is 0.168. The van der Waals surface area contributed by atoms with Crippen LogP contribution in [-0.2, 0) is 5.41 Å². The summed E-state index contributed by atoms with van der Waals surface area (Å²) in [5, 5.41) is 0. The molecule has 62 heavy (non-hydrogen) atoms. The molecular formula is C59H43N3.